The van der Waals surface area contributed by atoms with Crippen LogP contribution in [0.15, 0.2) is 17.0 Å². The van der Waals surface area contributed by atoms with Crippen molar-refractivity contribution < 1.29 is 13.5 Å². The number of halogens is 2. The van der Waals surface area contributed by atoms with Crippen molar-refractivity contribution in [2.24, 2.45) is 0 Å². The van der Waals surface area contributed by atoms with E-state index in [9.17, 15) is 13.5 Å². The van der Waals surface area contributed by atoms with E-state index in [4.69, 9.17) is 28.9 Å². The number of nitrogens with two attached hydrogens (primary N) is 1. The van der Waals surface area contributed by atoms with Crippen LogP contribution in [0.2, 0.25) is 10.0 Å². The Bertz CT molecular complexity index is 565. The minimum atomic E-state index is -3.93. The van der Waals surface area contributed by atoms with Gasteiger partial charge in [0.05, 0.1) is 22.2 Å². The first-order valence-electron chi connectivity index (χ1n) is 5.38. The van der Waals surface area contributed by atoms with E-state index in [1.54, 1.807) is 13.8 Å². The number of aliphatic hydroxyl groups excluding tert-OH is 1. The quantitative estimate of drug-likeness (QED) is 0.828. The molecule has 1 aromatic carbocycles. The summed E-state index contributed by atoms with van der Waals surface area (Å²) in [5, 5.41) is 9.16. The molecular formula is C11H16Cl2N2O3S. The molecule has 1 aromatic rings. The fraction of sp³-hybridized carbons (Fsp3) is 0.455. The third-order valence-electron chi connectivity index (χ3n) is 2.88. The van der Waals surface area contributed by atoms with Crippen molar-refractivity contribution in [3.05, 3.63) is 22.2 Å². The first-order valence-corrected chi connectivity index (χ1v) is 7.58. The third kappa shape index (κ3) is 3.14. The van der Waals surface area contributed by atoms with Gasteiger partial charge >= 0.3 is 0 Å². The summed E-state index contributed by atoms with van der Waals surface area (Å²) in [4.78, 5) is -0.214. The first kappa shape index (κ1) is 16.5. The van der Waals surface area contributed by atoms with E-state index >= 15 is 0 Å². The molecule has 19 heavy (non-hydrogen) atoms. The molecule has 3 N–H and O–H groups in total. The van der Waals surface area contributed by atoms with Crippen molar-refractivity contribution in [1.29, 1.82) is 0 Å². The molecule has 0 heterocycles. The van der Waals surface area contributed by atoms with E-state index in [0.29, 0.717) is 0 Å². The number of anilines is 1. The van der Waals surface area contributed by atoms with Crippen molar-refractivity contribution in [2.75, 3.05) is 19.4 Å². The summed E-state index contributed by atoms with van der Waals surface area (Å²) in [6.07, 6.45) is 0. The van der Waals surface area contributed by atoms with Gasteiger partial charge in [-0.1, -0.05) is 23.2 Å². The highest BCUT2D eigenvalue weighted by Gasteiger charge is 2.36. The summed E-state index contributed by atoms with van der Waals surface area (Å²) in [5.74, 6) is 0. The van der Waals surface area contributed by atoms with Crippen LogP contribution in [0, 0.1) is 0 Å². The van der Waals surface area contributed by atoms with Crippen molar-refractivity contribution in [3.8, 4) is 0 Å². The Hall–Kier alpha value is -0.530. The van der Waals surface area contributed by atoms with Gasteiger partial charge in [-0.25, -0.2) is 8.42 Å². The van der Waals surface area contributed by atoms with Crippen LogP contribution in [0.25, 0.3) is 0 Å². The van der Waals surface area contributed by atoms with Gasteiger partial charge in [-0.3, -0.25) is 0 Å². The van der Waals surface area contributed by atoms with Crippen LogP contribution in [0.4, 0.5) is 5.69 Å². The van der Waals surface area contributed by atoms with Crippen LogP contribution in [0.1, 0.15) is 13.8 Å². The second-order valence-electron chi connectivity index (χ2n) is 4.76. The van der Waals surface area contributed by atoms with Crippen molar-refractivity contribution >= 4 is 38.9 Å². The van der Waals surface area contributed by atoms with Gasteiger partial charge < -0.3 is 10.8 Å². The molecule has 1 rings (SSSR count). The zero-order valence-corrected chi connectivity index (χ0v) is 13.1. The van der Waals surface area contributed by atoms with Crippen LogP contribution in [0.3, 0.4) is 0 Å². The standard InChI is InChI=1S/C11H16Cl2N2O3S/c1-11(2,6-16)15(3)19(17,18)10-8(12)4-7(14)5-9(10)13/h4-5,16H,6,14H2,1-3H3. The van der Waals surface area contributed by atoms with Crippen LogP contribution < -0.4 is 5.73 Å². The number of benzene rings is 1. The number of rotatable bonds is 4. The molecule has 5 nitrogen and oxygen atoms in total. The van der Waals surface area contributed by atoms with Gasteiger partial charge in [0.15, 0.2) is 0 Å². The molecule has 0 aliphatic carbocycles. The number of nitrogen functional groups attached to an aromatic ring is 1. The molecule has 8 heteroatoms. The number of hydrogen-bond donors (Lipinski definition) is 2. The monoisotopic (exact) mass is 326 g/mol. The van der Waals surface area contributed by atoms with Gasteiger partial charge in [0.25, 0.3) is 0 Å². The number of hydrogen-bond acceptors (Lipinski definition) is 4. The van der Waals surface area contributed by atoms with E-state index in [1.807, 2.05) is 0 Å². The smallest absolute Gasteiger partial charge is 0.246 e. The normalized spacial score (nSPS) is 13.0. The van der Waals surface area contributed by atoms with Gasteiger partial charge in [0.1, 0.15) is 4.90 Å². The molecule has 0 radical (unpaired) electrons. The maximum absolute atomic E-state index is 12.5. The lowest BCUT2D eigenvalue weighted by Crippen LogP contribution is -2.47. The zero-order valence-electron chi connectivity index (χ0n) is 10.8. The highest BCUT2D eigenvalue weighted by Crippen LogP contribution is 2.35. The molecule has 108 valence electrons. The number of nitrogens with zero attached hydrogens (tertiary/aromatic N) is 1. The highest BCUT2D eigenvalue weighted by molar-refractivity contribution is 7.89. The lowest BCUT2D eigenvalue weighted by molar-refractivity contribution is 0.138. The summed E-state index contributed by atoms with van der Waals surface area (Å²) >= 11 is 11.8. The minimum absolute atomic E-state index is 0.0504. The fourth-order valence-corrected chi connectivity index (χ4v) is 4.07. The van der Waals surface area contributed by atoms with E-state index in [0.717, 1.165) is 4.31 Å². The molecule has 0 saturated heterocycles. The molecule has 0 aromatic heterocycles. The van der Waals surface area contributed by atoms with Crippen LogP contribution in [-0.2, 0) is 10.0 Å². The average Bonchev–Trinajstić information content (AvgIpc) is 2.26. The van der Waals surface area contributed by atoms with Crippen LogP contribution in [0.5, 0.6) is 0 Å². The lowest BCUT2D eigenvalue weighted by Gasteiger charge is -2.33. The van der Waals surface area contributed by atoms with E-state index < -0.39 is 15.6 Å². The predicted molar refractivity (Wildman–Crippen MR) is 77.0 cm³/mol. The summed E-state index contributed by atoms with van der Waals surface area (Å²) in [7, 11) is -2.58. The fourth-order valence-electron chi connectivity index (χ4n) is 1.39. The topological polar surface area (TPSA) is 83.6 Å². The Balaban J connectivity index is 3.45. The first-order chi connectivity index (χ1) is 8.54. The Morgan fingerprint density at radius 1 is 1.32 bits per heavy atom. The Labute approximate surface area is 123 Å². The Morgan fingerprint density at radius 3 is 2.11 bits per heavy atom. The van der Waals surface area contributed by atoms with Gasteiger partial charge in [0.2, 0.25) is 10.0 Å². The number of likely N-dealkylation sites (N-methyl/N-ethyl adjacent to an activating group) is 1. The third-order valence-corrected chi connectivity index (χ3v) is 5.87. The summed E-state index contributed by atoms with van der Waals surface area (Å²) in [6, 6.07) is 2.64. The van der Waals surface area contributed by atoms with Gasteiger partial charge in [0, 0.05) is 12.7 Å². The predicted octanol–water partition coefficient (Wildman–Crippen LogP) is 1.97. The lowest BCUT2D eigenvalue weighted by atomic mass is 10.1. The summed E-state index contributed by atoms with van der Waals surface area (Å²) < 4.78 is 26.0. The number of aliphatic hydroxyl groups is 1. The molecule has 0 spiro atoms. The largest absolute Gasteiger partial charge is 0.399 e. The molecule has 0 atom stereocenters. The summed E-state index contributed by atoms with van der Waals surface area (Å²) in [6.45, 7) is 2.83. The van der Waals surface area contributed by atoms with Crippen molar-refractivity contribution in [3.63, 3.8) is 0 Å². The average molecular weight is 327 g/mol. The maximum Gasteiger partial charge on any atom is 0.246 e. The van der Waals surface area contributed by atoms with Gasteiger partial charge in [-0.15, -0.1) is 0 Å². The molecule has 0 bridgehead atoms. The zero-order chi connectivity index (χ0) is 15.0. The molecular weight excluding hydrogens is 311 g/mol. The minimum Gasteiger partial charge on any atom is -0.399 e. The molecule has 0 saturated carbocycles. The van der Waals surface area contributed by atoms with Crippen molar-refractivity contribution in [1.82, 2.24) is 4.31 Å². The Kier molecular flexibility index (Phi) is 4.75. The number of sulfonamides is 1. The van der Waals surface area contributed by atoms with Gasteiger partial charge in [-0.2, -0.15) is 4.31 Å². The summed E-state index contributed by atoms with van der Waals surface area (Å²) in [5.41, 5.74) is 4.84. The maximum atomic E-state index is 12.5. The molecule has 0 unspecified atom stereocenters. The Morgan fingerprint density at radius 2 is 1.74 bits per heavy atom. The van der Waals surface area contributed by atoms with E-state index in [-0.39, 0.29) is 27.2 Å². The second-order valence-corrected chi connectivity index (χ2v) is 7.48. The SMILES string of the molecule is CN(C(C)(C)CO)S(=O)(=O)c1c(Cl)cc(N)cc1Cl. The van der Waals surface area contributed by atoms with Crippen molar-refractivity contribution in [2.45, 2.75) is 24.3 Å². The van der Waals surface area contributed by atoms with E-state index in [2.05, 4.69) is 0 Å². The van der Waals surface area contributed by atoms with Crippen LogP contribution in [-0.4, -0.2) is 37.0 Å². The second kappa shape index (κ2) is 5.46. The molecule has 0 aliphatic rings. The molecule has 0 fully saturated rings. The highest BCUT2D eigenvalue weighted by atomic mass is 35.5. The molecule has 0 amide bonds. The molecule has 0 aliphatic heterocycles. The van der Waals surface area contributed by atoms with Crippen LogP contribution >= 0.6 is 23.2 Å². The van der Waals surface area contributed by atoms with Gasteiger partial charge in [-0.05, 0) is 26.0 Å². The van der Waals surface area contributed by atoms with E-state index in [1.165, 1.54) is 19.2 Å².